The molecule has 0 radical (unpaired) electrons. The minimum absolute atomic E-state index is 0. The fraction of sp³-hybridized carbons (Fsp3) is 0.310. The van der Waals surface area contributed by atoms with Crippen LogP contribution in [-0.4, -0.2) is 47.3 Å². The first-order valence-electron chi connectivity index (χ1n) is 13.1. The number of nitrogens with one attached hydrogen (secondary N) is 1. The lowest BCUT2D eigenvalue weighted by Crippen LogP contribution is -2.52. The number of nitrogens with zero attached hydrogens (tertiary/aromatic N) is 4. The number of hydrogen-bond acceptors (Lipinski definition) is 5. The molecule has 0 aliphatic carbocycles. The van der Waals surface area contributed by atoms with Crippen molar-refractivity contribution in [2.75, 3.05) is 29.4 Å². The number of alkyl halides is 3. The Morgan fingerprint density at radius 1 is 1.10 bits per heavy atom. The van der Waals surface area contributed by atoms with Crippen LogP contribution in [0.5, 0.6) is 5.75 Å². The van der Waals surface area contributed by atoms with Crippen LogP contribution in [0, 0.1) is 0 Å². The Kier molecular flexibility index (Phi) is 9.70. The molecule has 5 rings (SSSR count). The molecule has 1 N–H and O–H groups in total. The van der Waals surface area contributed by atoms with Crippen LogP contribution in [-0.2, 0) is 13.0 Å². The van der Waals surface area contributed by atoms with E-state index in [4.69, 9.17) is 23.2 Å². The maximum atomic E-state index is 13.1. The van der Waals surface area contributed by atoms with Gasteiger partial charge in [-0.1, -0.05) is 36.2 Å². The van der Waals surface area contributed by atoms with Crippen molar-refractivity contribution in [1.82, 2.24) is 14.7 Å². The van der Waals surface area contributed by atoms with Crippen LogP contribution in [0.1, 0.15) is 35.6 Å². The molecule has 2 aromatic heterocycles. The Balaban J connectivity index is 0.00000405. The van der Waals surface area contributed by atoms with E-state index in [1.807, 2.05) is 25.1 Å². The van der Waals surface area contributed by atoms with Gasteiger partial charge in [-0.2, -0.15) is 0 Å². The van der Waals surface area contributed by atoms with Crippen LogP contribution in [0.3, 0.4) is 0 Å². The van der Waals surface area contributed by atoms with E-state index in [1.165, 1.54) is 12.1 Å². The number of rotatable bonds is 7. The summed E-state index contributed by atoms with van der Waals surface area (Å²) in [6, 6.07) is 15.2. The highest BCUT2D eigenvalue weighted by Gasteiger charge is 2.31. The molecule has 3 heterocycles. The van der Waals surface area contributed by atoms with Crippen molar-refractivity contribution in [3.63, 3.8) is 0 Å². The fourth-order valence-corrected chi connectivity index (χ4v) is 5.62. The molecular formula is C29H29Cl3F3N5O2. The molecule has 1 aliphatic rings. The van der Waals surface area contributed by atoms with Gasteiger partial charge in [0.2, 0.25) is 0 Å². The quantitative estimate of drug-likeness (QED) is 0.232. The van der Waals surface area contributed by atoms with Gasteiger partial charge in [-0.3, -0.25) is 9.20 Å². The highest BCUT2D eigenvalue weighted by molar-refractivity contribution is 6.33. The topological polar surface area (TPSA) is 62.1 Å². The number of hydrogen-bond donors (Lipinski definition) is 1. The zero-order valence-electron chi connectivity index (χ0n) is 22.8. The van der Waals surface area contributed by atoms with E-state index < -0.39 is 6.36 Å². The van der Waals surface area contributed by atoms with Gasteiger partial charge in [-0.15, -0.1) is 25.6 Å². The van der Waals surface area contributed by atoms with Crippen molar-refractivity contribution in [2.24, 2.45) is 0 Å². The van der Waals surface area contributed by atoms with Crippen LogP contribution in [0.15, 0.2) is 60.8 Å². The van der Waals surface area contributed by atoms with E-state index in [-0.39, 0.29) is 36.7 Å². The van der Waals surface area contributed by atoms with Gasteiger partial charge in [0.15, 0.2) is 0 Å². The van der Waals surface area contributed by atoms with Gasteiger partial charge in [0.1, 0.15) is 17.1 Å². The molecule has 1 fully saturated rings. The van der Waals surface area contributed by atoms with E-state index in [9.17, 15) is 18.0 Å². The van der Waals surface area contributed by atoms with Gasteiger partial charge >= 0.3 is 6.36 Å². The number of fused-ring (bicyclic) bond motifs is 1. The first-order chi connectivity index (χ1) is 19.5. The molecule has 1 saturated heterocycles. The summed E-state index contributed by atoms with van der Waals surface area (Å²) in [4.78, 5) is 22.0. The molecule has 0 bridgehead atoms. The van der Waals surface area contributed by atoms with Crippen molar-refractivity contribution in [3.05, 3.63) is 87.8 Å². The van der Waals surface area contributed by atoms with Gasteiger partial charge in [0.05, 0.1) is 21.4 Å². The molecule has 1 amide bonds. The maximum absolute atomic E-state index is 13.1. The van der Waals surface area contributed by atoms with Gasteiger partial charge < -0.3 is 19.9 Å². The van der Waals surface area contributed by atoms with Crippen LogP contribution >= 0.6 is 35.6 Å². The second-order valence-corrected chi connectivity index (χ2v) is 10.7. The summed E-state index contributed by atoms with van der Waals surface area (Å²) in [6.45, 7) is 6.31. The summed E-state index contributed by atoms with van der Waals surface area (Å²) in [5.41, 5.74) is 4.37. The number of amides is 1. The third kappa shape index (κ3) is 6.99. The normalized spacial score (nSPS) is 15.5. The molecule has 7 nitrogen and oxygen atoms in total. The van der Waals surface area contributed by atoms with Crippen molar-refractivity contribution in [2.45, 2.75) is 39.2 Å². The summed E-state index contributed by atoms with van der Waals surface area (Å²) < 4.78 is 43.1. The van der Waals surface area contributed by atoms with Gasteiger partial charge in [-0.05, 0) is 67.4 Å². The predicted molar refractivity (Wildman–Crippen MR) is 162 cm³/mol. The second kappa shape index (κ2) is 12.9. The highest BCUT2D eigenvalue weighted by Crippen LogP contribution is 2.32. The molecule has 42 heavy (non-hydrogen) atoms. The van der Waals surface area contributed by atoms with E-state index in [0.29, 0.717) is 53.1 Å². The van der Waals surface area contributed by atoms with Gasteiger partial charge in [0.25, 0.3) is 5.91 Å². The lowest BCUT2D eigenvalue weighted by molar-refractivity contribution is -0.274. The number of pyridine rings is 1. The summed E-state index contributed by atoms with van der Waals surface area (Å²) in [7, 11) is 0. The third-order valence-electron chi connectivity index (χ3n) is 7.04. The van der Waals surface area contributed by atoms with E-state index >= 15 is 0 Å². The zero-order valence-corrected chi connectivity index (χ0v) is 25.1. The van der Waals surface area contributed by atoms with Crippen molar-refractivity contribution in [1.29, 1.82) is 0 Å². The minimum Gasteiger partial charge on any atom is -0.406 e. The lowest BCUT2D eigenvalue weighted by atomic mass is 10.1. The molecule has 0 spiro atoms. The van der Waals surface area contributed by atoms with E-state index in [0.717, 1.165) is 16.9 Å². The van der Waals surface area contributed by atoms with Crippen LogP contribution < -0.4 is 19.9 Å². The van der Waals surface area contributed by atoms with E-state index in [2.05, 4.69) is 31.8 Å². The molecule has 1 aliphatic heterocycles. The second-order valence-electron chi connectivity index (χ2n) is 9.83. The lowest BCUT2D eigenvalue weighted by Gasteiger charge is -2.42. The monoisotopic (exact) mass is 641 g/mol. The number of aryl methyl sites for hydroxylation is 1. The molecule has 1 atom stereocenters. The van der Waals surface area contributed by atoms with Crippen molar-refractivity contribution >= 4 is 58.5 Å². The Hall–Kier alpha value is -3.34. The Bertz CT molecular complexity index is 1560. The molecule has 4 aromatic rings. The molecule has 13 heteroatoms. The number of benzene rings is 2. The molecular weight excluding hydrogens is 614 g/mol. The largest absolute Gasteiger partial charge is 0.573 e. The average molecular weight is 643 g/mol. The summed E-state index contributed by atoms with van der Waals surface area (Å²) >= 11 is 12.8. The van der Waals surface area contributed by atoms with Gasteiger partial charge in [-0.25, -0.2) is 4.98 Å². The maximum Gasteiger partial charge on any atom is 0.573 e. The van der Waals surface area contributed by atoms with Crippen LogP contribution in [0.4, 0.5) is 24.5 Å². The average Bonchev–Trinajstić information content (AvgIpc) is 3.29. The Labute approximate surface area is 257 Å². The Morgan fingerprint density at radius 3 is 2.48 bits per heavy atom. The number of piperazine rings is 1. The summed E-state index contributed by atoms with van der Waals surface area (Å²) in [6.07, 6.45) is -2.43. The number of carbonyl (C=O) groups is 1. The number of carbonyl (C=O) groups excluding carboxylic acids is 1. The molecule has 224 valence electrons. The number of imidazole rings is 1. The van der Waals surface area contributed by atoms with E-state index in [1.54, 1.807) is 34.9 Å². The highest BCUT2D eigenvalue weighted by atomic mass is 35.5. The smallest absolute Gasteiger partial charge is 0.406 e. The SMILES string of the molecule is CCc1nc2ccc(Cl)cn2c1C(=O)NCc1ccc(N2CCN(c3ccc(OC(F)(F)F)cc3)[C@@H](C)C2)c(Cl)c1.Cl. The van der Waals surface area contributed by atoms with Crippen molar-refractivity contribution < 1.29 is 22.7 Å². The van der Waals surface area contributed by atoms with Crippen LogP contribution in [0.2, 0.25) is 10.0 Å². The first kappa shape index (κ1) is 31.6. The Morgan fingerprint density at radius 2 is 1.83 bits per heavy atom. The number of halogens is 6. The predicted octanol–water partition coefficient (Wildman–Crippen LogP) is 7.17. The van der Waals surface area contributed by atoms with Crippen LogP contribution in [0.25, 0.3) is 5.65 Å². The van der Waals surface area contributed by atoms with Gasteiger partial charge in [0, 0.05) is 44.1 Å². The summed E-state index contributed by atoms with van der Waals surface area (Å²) in [5.74, 6) is -0.496. The first-order valence-corrected chi connectivity index (χ1v) is 13.9. The minimum atomic E-state index is -4.72. The number of anilines is 2. The molecule has 0 saturated carbocycles. The fourth-order valence-electron chi connectivity index (χ4n) is 5.14. The third-order valence-corrected chi connectivity index (χ3v) is 7.57. The number of ether oxygens (including phenoxy) is 1. The molecule has 0 unspecified atom stereocenters. The standard InChI is InChI=1S/C29H28Cl2F3N5O2.ClH/c1-3-24-27(39-17-20(30)5-11-26(39)36-24)28(40)35-15-19-4-10-25(23(31)14-19)37-12-13-38(18(2)16-37)21-6-8-22(9-7-21)41-29(32,33)34;/h4-11,14,17-18H,3,12-13,15-16H2,1-2H3,(H,35,40);1H/t18-;/m0./s1. The molecule has 2 aromatic carbocycles. The summed E-state index contributed by atoms with van der Waals surface area (Å²) in [5, 5.41) is 4.05. The number of aromatic nitrogens is 2. The van der Waals surface area contributed by atoms with Crippen molar-refractivity contribution in [3.8, 4) is 5.75 Å². The zero-order chi connectivity index (χ0) is 29.3.